The van der Waals surface area contributed by atoms with Crippen molar-refractivity contribution in [1.29, 1.82) is 0 Å². The van der Waals surface area contributed by atoms with Crippen LogP contribution in [-0.2, 0) is 0 Å². The van der Waals surface area contributed by atoms with E-state index in [4.69, 9.17) is 0 Å². The van der Waals surface area contributed by atoms with Gasteiger partial charge in [-0.3, -0.25) is 4.90 Å². The zero-order valence-corrected chi connectivity index (χ0v) is 12.7. The van der Waals surface area contributed by atoms with Gasteiger partial charge in [-0.15, -0.1) is 5.10 Å². The Morgan fingerprint density at radius 1 is 1.29 bits per heavy atom. The smallest absolute Gasteiger partial charge is 0.1000 e. The van der Waals surface area contributed by atoms with Gasteiger partial charge in [0.2, 0.25) is 0 Å². The first-order chi connectivity index (χ1) is 10.3. The largest absolute Gasteiger partial charge is 0.316 e. The molecular formula is C16H23N5. The molecule has 1 N–H and O–H groups in total. The van der Waals surface area contributed by atoms with Crippen LogP contribution in [0.4, 0.5) is 0 Å². The lowest BCUT2D eigenvalue weighted by Crippen LogP contribution is -2.45. The van der Waals surface area contributed by atoms with Gasteiger partial charge in [-0.2, -0.15) is 0 Å². The molecule has 112 valence electrons. The van der Waals surface area contributed by atoms with E-state index in [1.54, 1.807) is 0 Å². The van der Waals surface area contributed by atoms with E-state index in [0.717, 1.165) is 24.5 Å². The summed E-state index contributed by atoms with van der Waals surface area (Å²) in [6, 6.07) is 11.0. The van der Waals surface area contributed by atoms with Crippen LogP contribution in [0.5, 0.6) is 0 Å². The summed E-state index contributed by atoms with van der Waals surface area (Å²) in [5.74, 6) is 0. The molecule has 0 aliphatic carbocycles. The predicted octanol–water partition coefficient (Wildman–Crippen LogP) is 2.01. The van der Waals surface area contributed by atoms with E-state index < -0.39 is 0 Å². The Labute approximate surface area is 126 Å². The number of aromatic nitrogens is 3. The first kappa shape index (κ1) is 14.2. The number of hydrogen-bond acceptors (Lipinski definition) is 4. The summed E-state index contributed by atoms with van der Waals surface area (Å²) in [5.41, 5.74) is 2.09. The molecule has 2 unspecified atom stereocenters. The summed E-state index contributed by atoms with van der Waals surface area (Å²) in [4.78, 5) is 2.49. The maximum absolute atomic E-state index is 4.37. The maximum atomic E-state index is 4.37. The number of para-hydroxylation sites is 1. The average Bonchev–Trinajstić information content (AvgIpc) is 3.05. The SMILES string of the molecule is CNC1CCCN(C(C)c2cn(-c3ccccc3)nn2)C1. The fourth-order valence-electron chi connectivity index (χ4n) is 2.96. The molecule has 2 aromatic rings. The minimum Gasteiger partial charge on any atom is -0.316 e. The maximum Gasteiger partial charge on any atom is 0.1000 e. The summed E-state index contributed by atoms with van der Waals surface area (Å²) in [7, 11) is 2.05. The lowest BCUT2D eigenvalue weighted by Gasteiger charge is -2.35. The Morgan fingerprint density at radius 3 is 2.86 bits per heavy atom. The molecule has 5 heteroatoms. The van der Waals surface area contributed by atoms with Crippen LogP contribution < -0.4 is 5.32 Å². The van der Waals surface area contributed by atoms with Crippen molar-refractivity contribution in [2.45, 2.75) is 31.8 Å². The summed E-state index contributed by atoms with van der Waals surface area (Å²) < 4.78 is 1.85. The second-order valence-electron chi connectivity index (χ2n) is 5.72. The number of hydrogen-bond donors (Lipinski definition) is 1. The molecule has 21 heavy (non-hydrogen) atoms. The third-order valence-corrected chi connectivity index (χ3v) is 4.37. The summed E-state index contributed by atoms with van der Waals surface area (Å²) in [6.45, 7) is 4.44. The number of likely N-dealkylation sites (tertiary alicyclic amines) is 1. The Hall–Kier alpha value is -1.72. The van der Waals surface area contributed by atoms with Crippen LogP contribution in [0.25, 0.3) is 5.69 Å². The van der Waals surface area contributed by atoms with E-state index in [-0.39, 0.29) is 0 Å². The molecule has 0 spiro atoms. The minimum atomic E-state index is 0.304. The quantitative estimate of drug-likeness (QED) is 0.933. The highest BCUT2D eigenvalue weighted by Crippen LogP contribution is 2.23. The van der Waals surface area contributed by atoms with Crippen molar-refractivity contribution in [3.8, 4) is 5.69 Å². The molecule has 0 bridgehead atoms. The van der Waals surface area contributed by atoms with Gasteiger partial charge >= 0.3 is 0 Å². The summed E-state index contributed by atoms with van der Waals surface area (Å²) in [5, 5.41) is 12.0. The van der Waals surface area contributed by atoms with Crippen LogP contribution in [-0.4, -0.2) is 46.1 Å². The van der Waals surface area contributed by atoms with Crippen LogP contribution in [0.15, 0.2) is 36.5 Å². The second kappa shape index (κ2) is 6.37. The summed E-state index contributed by atoms with van der Waals surface area (Å²) in [6.07, 6.45) is 4.54. The van der Waals surface area contributed by atoms with Crippen molar-refractivity contribution < 1.29 is 0 Å². The average molecular weight is 285 g/mol. The van der Waals surface area contributed by atoms with Crippen LogP contribution in [0.1, 0.15) is 31.5 Å². The number of likely N-dealkylation sites (N-methyl/N-ethyl adjacent to an activating group) is 1. The second-order valence-corrected chi connectivity index (χ2v) is 5.72. The first-order valence-corrected chi connectivity index (χ1v) is 7.67. The van der Waals surface area contributed by atoms with Crippen LogP contribution >= 0.6 is 0 Å². The third-order valence-electron chi connectivity index (χ3n) is 4.37. The van der Waals surface area contributed by atoms with Crippen LogP contribution in [0.2, 0.25) is 0 Å². The van der Waals surface area contributed by atoms with Gasteiger partial charge in [-0.05, 0) is 45.5 Å². The predicted molar refractivity (Wildman–Crippen MR) is 83.4 cm³/mol. The molecule has 1 fully saturated rings. The van der Waals surface area contributed by atoms with E-state index in [9.17, 15) is 0 Å². The molecule has 1 saturated heterocycles. The van der Waals surface area contributed by atoms with Crippen molar-refractivity contribution in [3.63, 3.8) is 0 Å². The van der Waals surface area contributed by atoms with E-state index >= 15 is 0 Å². The lowest BCUT2D eigenvalue weighted by atomic mass is 10.0. The van der Waals surface area contributed by atoms with Crippen molar-refractivity contribution >= 4 is 0 Å². The zero-order valence-electron chi connectivity index (χ0n) is 12.7. The van der Waals surface area contributed by atoms with Crippen molar-refractivity contribution in [3.05, 3.63) is 42.2 Å². The van der Waals surface area contributed by atoms with Crippen molar-refractivity contribution in [2.24, 2.45) is 0 Å². The van der Waals surface area contributed by atoms with Gasteiger partial charge in [0.1, 0.15) is 0 Å². The molecule has 0 radical (unpaired) electrons. The lowest BCUT2D eigenvalue weighted by molar-refractivity contribution is 0.146. The normalized spacial score (nSPS) is 21.3. The van der Waals surface area contributed by atoms with E-state index in [0.29, 0.717) is 12.1 Å². The van der Waals surface area contributed by atoms with Gasteiger partial charge in [0.05, 0.1) is 23.6 Å². The fraction of sp³-hybridized carbons (Fsp3) is 0.500. The number of piperidine rings is 1. The highest BCUT2D eigenvalue weighted by atomic mass is 15.4. The molecule has 0 amide bonds. The molecule has 1 aliphatic heterocycles. The Balaban J connectivity index is 1.73. The Kier molecular flexibility index (Phi) is 4.31. The molecule has 0 saturated carbocycles. The molecule has 1 aliphatic rings. The van der Waals surface area contributed by atoms with E-state index in [1.807, 2.05) is 48.3 Å². The van der Waals surface area contributed by atoms with Gasteiger partial charge in [0, 0.05) is 12.6 Å². The first-order valence-electron chi connectivity index (χ1n) is 7.67. The van der Waals surface area contributed by atoms with Crippen LogP contribution in [0, 0.1) is 0 Å². The molecule has 2 atom stereocenters. The number of nitrogens with zero attached hydrogens (tertiary/aromatic N) is 4. The van der Waals surface area contributed by atoms with Crippen molar-refractivity contribution in [2.75, 3.05) is 20.1 Å². The Bertz CT molecular complexity index is 565. The molecule has 3 rings (SSSR count). The topological polar surface area (TPSA) is 46.0 Å². The molecule has 1 aromatic carbocycles. The molecule has 2 heterocycles. The number of nitrogens with one attached hydrogen (secondary N) is 1. The fourth-order valence-corrected chi connectivity index (χ4v) is 2.96. The van der Waals surface area contributed by atoms with E-state index in [1.165, 1.54) is 12.8 Å². The van der Waals surface area contributed by atoms with Gasteiger partial charge in [0.25, 0.3) is 0 Å². The number of rotatable bonds is 4. The van der Waals surface area contributed by atoms with Gasteiger partial charge in [-0.25, -0.2) is 4.68 Å². The van der Waals surface area contributed by atoms with Gasteiger partial charge in [-0.1, -0.05) is 23.4 Å². The van der Waals surface area contributed by atoms with Gasteiger partial charge < -0.3 is 5.32 Å². The third kappa shape index (κ3) is 3.14. The highest BCUT2D eigenvalue weighted by Gasteiger charge is 2.25. The Morgan fingerprint density at radius 2 is 2.10 bits per heavy atom. The van der Waals surface area contributed by atoms with Gasteiger partial charge in [0.15, 0.2) is 0 Å². The number of benzene rings is 1. The van der Waals surface area contributed by atoms with Crippen LogP contribution in [0.3, 0.4) is 0 Å². The van der Waals surface area contributed by atoms with E-state index in [2.05, 4.69) is 27.5 Å². The minimum absolute atomic E-state index is 0.304. The molecular weight excluding hydrogens is 262 g/mol. The standard InChI is InChI=1S/C16H23N5/c1-13(20-10-6-7-14(11-20)17-2)16-12-21(19-18-16)15-8-4-3-5-9-15/h3-5,8-9,12-14,17H,6-7,10-11H2,1-2H3. The molecule has 1 aromatic heterocycles. The van der Waals surface area contributed by atoms with Crippen molar-refractivity contribution in [1.82, 2.24) is 25.2 Å². The molecule has 5 nitrogen and oxygen atoms in total. The monoisotopic (exact) mass is 285 g/mol. The highest BCUT2D eigenvalue weighted by molar-refractivity contribution is 5.30. The summed E-state index contributed by atoms with van der Waals surface area (Å²) >= 11 is 0. The zero-order chi connectivity index (χ0) is 14.7.